The molecule has 3 heteroatoms. The molecule has 18 heavy (non-hydrogen) atoms. The van der Waals surface area contributed by atoms with Crippen LogP contribution in [-0.4, -0.2) is 12.9 Å². The molecule has 3 nitrogen and oxygen atoms in total. The molecule has 0 amide bonds. The minimum Gasteiger partial charge on any atom is -0.490 e. The molecule has 0 saturated heterocycles. The standard InChI is InChI=1S/C15H14O3/c1-2-17-14-8-3-4-9-15(14)18-13-7-5-6-12(10-13)11-16/h3-11H,2H2,1H3. The summed E-state index contributed by atoms with van der Waals surface area (Å²) in [6.07, 6.45) is 0.793. The third-order valence-electron chi connectivity index (χ3n) is 2.37. The number of rotatable bonds is 5. The van der Waals surface area contributed by atoms with Gasteiger partial charge in [0, 0.05) is 5.56 Å². The van der Waals surface area contributed by atoms with E-state index in [-0.39, 0.29) is 0 Å². The maximum Gasteiger partial charge on any atom is 0.169 e. The van der Waals surface area contributed by atoms with Crippen molar-refractivity contribution in [2.45, 2.75) is 6.92 Å². The maximum atomic E-state index is 10.7. The molecule has 2 aromatic rings. The van der Waals surface area contributed by atoms with Crippen LogP contribution in [0.2, 0.25) is 0 Å². The number of para-hydroxylation sites is 2. The van der Waals surface area contributed by atoms with Crippen molar-refractivity contribution in [3.8, 4) is 17.2 Å². The van der Waals surface area contributed by atoms with Crippen LogP contribution in [0.15, 0.2) is 48.5 Å². The molecule has 2 rings (SSSR count). The Morgan fingerprint density at radius 2 is 1.83 bits per heavy atom. The number of carbonyl (C=O) groups excluding carboxylic acids is 1. The van der Waals surface area contributed by atoms with Crippen LogP contribution >= 0.6 is 0 Å². The average molecular weight is 242 g/mol. The minimum absolute atomic E-state index is 0.578. The van der Waals surface area contributed by atoms with Gasteiger partial charge in [0.25, 0.3) is 0 Å². The summed E-state index contributed by atoms with van der Waals surface area (Å²) in [6, 6.07) is 14.4. The van der Waals surface area contributed by atoms with Crippen LogP contribution in [0.25, 0.3) is 0 Å². The average Bonchev–Trinajstić information content (AvgIpc) is 2.41. The van der Waals surface area contributed by atoms with Gasteiger partial charge in [-0.1, -0.05) is 24.3 Å². The zero-order valence-electron chi connectivity index (χ0n) is 10.1. The molecule has 92 valence electrons. The van der Waals surface area contributed by atoms with Crippen molar-refractivity contribution in [1.82, 2.24) is 0 Å². The van der Waals surface area contributed by atoms with Gasteiger partial charge >= 0.3 is 0 Å². The summed E-state index contributed by atoms with van der Waals surface area (Å²) in [5.41, 5.74) is 0.585. The normalized spacial score (nSPS) is 9.83. The van der Waals surface area contributed by atoms with Crippen LogP contribution in [0.4, 0.5) is 0 Å². The number of aldehydes is 1. The maximum absolute atomic E-state index is 10.7. The fourth-order valence-corrected chi connectivity index (χ4v) is 1.59. The first-order valence-corrected chi connectivity index (χ1v) is 5.78. The number of ether oxygens (including phenoxy) is 2. The predicted octanol–water partition coefficient (Wildman–Crippen LogP) is 3.69. The third-order valence-corrected chi connectivity index (χ3v) is 2.37. The Morgan fingerprint density at radius 1 is 1.06 bits per heavy atom. The van der Waals surface area contributed by atoms with Crippen molar-refractivity contribution >= 4 is 6.29 Å². The third kappa shape index (κ3) is 2.88. The van der Waals surface area contributed by atoms with Gasteiger partial charge in [0.1, 0.15) is 12.0 Å². The Labute approximate surface area is 106 Å². The van der Waals surface area contributed by atoms with E-state index in [0.29, 0.717) is 29.4 Å². The smallest absolute Gasteiger partial charge is 0.169 e. The van der Waals surface area contributed by atoms with Crippen molar-refractivity contribution in [2.24, 2.45) is 0 Å². The molecule has 0 bridgehead atoms. The molecule has 2 aromatic carbocycles. The lowest BCUT2D eigenvalue weighted by molar-refractivity contribution is 0.112. The fourth-order valence-electron chi connectivity index (χ4n) is 1.59. The van der Waals surface area contributed by atoms with Crippen molar-refractivity contribution in [3.05, 3.63) is 54.1 Å². The first-order valence-electron chi connectivity index (χ1n) is 5.78. The molecule has 0 spiro atoms. The van der Waals surface area contributed by atoms with Crippen molar-refractivity contribution in [2.75, 3.05) is 6.61 Å². The van der Waals surface area contributed by atoms with Crippen molar-refractivity contribution in [3.63, 3.8) is 0 Å². The van der Waals surface area contributed by atoms with Crippen LogP contribution in [-0.2, 0) is 0 Å². The molecular formula is C15H14O3. The predicted molar refractivity (Wildman–Crippen MR) is 69.5 cm³/mol. The number of carbonyl (C=O) groups is 1. The number of benzene rings is 2. The van der Waals surface area contributed by atoms with E-state index in [9.17, 15) is 4.79 Å². The summed E-state index contributed by atoms with van der Waals surface area (Å²) in [7, 11) is 0. The molecule has 0 unspecified atom stereocenters. The summed E-state index contributed by atoms with van der Waals surface area (Å²) < 4.78 is 11.2. The number of hydrogen-bond donors (Lipinski definition) is 0. The van der Waals surface area contributed by atoms with E-state index in [2.05, 4.69) is 0 Å². The van der Waals surface area contributed by atoms with Gasteiger partial charge in [0.15, 0.2) is 11.5 Å². The first kappa shape index (κ1) is 12.2. The minimum atomic E-state index is 0.578. The molecular weight excluding hydrogens is 228 g/mol. The molecule has 0 saturated carbocycles. The van der Waals surface area contributed by atoms with Crippen molar-refractivity contribution in [1.29, 1.82) is 0 Å². The van der Waals surface area contributed by atoms with E-state index in [4.69, 9.17) is 9.47 Å². The lowest BCUT2D eigenvalue weighted by atomic mass is 10.2. The second kappa shape index (κ2) is 5.87. The molecule has 0 aromatic heterocycles. The highest BCUT2D eigenvalue weighted by Gasteiger charge is 2.05. The highest BCUT2D eigenvalue weighted by molar-refractivity contribution is 5.75. The van der Waals surface area contributed by atoms with E-state index >= 15 is 0 Å². The van der Waals surface area contributed by atoms with E-state index < -0.39 is 0 Å². The summed E-state index contributed by atoms with van der Waals surface area (Å²) >= 11 is 0. The van der Waals surface area contributed by atoms with Gasteiger partial charge in [-0.05, 0) is 31.2 Å². The van der Waals surface area contributed by atoms with E-state index in [1.165, 1.54) is 0 Å². The van der Waals surface area contributed by atoms with Gasteiger partial charge in [-0.3, -0.25) is 4.79 Å². The molecule has 0 heterocycles. The summed E-state index contributed by atoms with van der Waals surface area (Å²) in [4.78, 5) is 10.7. The molecule has 0 atom stereocenters. The zero-order chi connectivity index (χ0) is 12.8. The topological polar surface area (TPSA) is 35.5 Å². The van der Waals surface area contributed by atoms with E-state index in [0.717, 1.165) is 6.29 Å². The highest BCUT2D eigenvalue weighted by Crippen LogP contribution is 2.31. The Bertz CT molecular complexity index is 535. The summed E-state index contributed by atoms with van der Waals surface area (Å²) in [6.45, 7) is 2.50. The Kier molecular flexibility index (Phi) is 3.97. The van der Waals surface area contributed by atoms with Crippen LogP contribution in [0.3, 0.4) is 0 Å². The Morgan fingerprint density at radius 3 is 2.56 bits per heavy atom. The molecule has 0 aliphatic rings. The Balaban J connectivity index is 2.24. The largest absolute Gasteiger partial charge is 0.490 e. The van der Waals surface area contributed by atoms with Crippen molar-refractivity contribution < 1.29 is 14.3 Å². The second-order valence-corrected chi connectivity index (χ2v) is 3.67. The van der Waals surface area contributed by atoms with Gasteiger partial charge in [-0.25, -0.2) is 0 Å². The quantitative estimate of drug-likeness (QED) is 0.750. The van der Waals surface area contributed by atoms with Gasteiger partial charge in [0.05, 0.1) is 6.61 Å². The van der Waals surface area contributed by atoms with Crippen LogP contribution in [0.1, 0.15) is 17.3 Å². The SMILES string of the molecule is CCOc1ccccc1Oc1cccc(C=O)c1. The molecule has 0 aliphatic heterocycles. The van der Waals surface area contributed by atoms with E-state index in [1.54, 1.807) is 24.3 Å². The monoisotopic (exact) mass is 242 g/mol. The molecule has 0 radical (unpaired) electrons. The van der Waals surface area contributed by atoms with Crippen LogP contribution in [0, 0.1) is 0 Å². The summed E-state index contributed by atoms with van der Waals surface area (Å²) in [5, 5.41) is 0. The van der Waals surface area contributed by atoms with E-state index in [1.807, 2.05) is 31.2 Å². The summed E-state index contributed by atoms with van der Waals surface area (Å²) in [5.74, 6) is 1.95. The van der Waals surface area contributed by atoms with Crippen LogP contribution in [0.5, 0.6) is 17.2 Å². The lowest BCUT2D eigenvalue weighted by Gasteiger charge is -2.11. The molecule has 0 aliphatic carbocycles. The molecule has 0 N–H and O–H groups in total. The van der Waals surface area contributed by atoms with Gasteiger partial charge in [-0.2, -0.15) is 0 Å². The molecule has 0 fully saturated rings. The van der Waals surface area contributed by atoms with Gasteiger partial charge in [-0.15, -0.1) is 0 Å². The van der Waals surface area contributed by atoms with Gasteiger partial charge in [0.2, 0.25) is 0 Å². The van der Waals surface area contributed by atoms with Gasteiger partial charge < -0.3 is 9.47 Å². The lowest BCUT2D eigenvalue weighted by Crippen LogP contribution is -1.94. The number of hydrogen-bond acceptors (Lipinski definition) is 3. The zero-order valence-corrected chi connectivity index (χ0v) is 10.1. The fraction of sp³-hybridized carbons (Fsp3) is 0.133. The van der Waals surface area contributed by atoms with Crippen LogP contribution < -0.4 is 9.47 Å². The second-order valence-electron chi connectivity index (χ2n) is 3.67. The first-order chi connectivity index (χ1) is 8.83. The highest BCUT2D eigenvalue weighted by atomic mass is 16.5. The Hall–Kier alpha value is -2.29.